The first kappa shape index (κ1) is 55.1. The molecule has 0 amide bonds. The molecule has 5 nitrogen and oxygen atoms in total. The lowest BCUT2D eigenvalue weighted by Crippen LogP contribution is -2.20. The highest BCUT2D eigenvalue weighted by Gasteiger charge is 2.19. The molecule has 0 saturated heterocycles. The van der Waals surface area contributed by atoms with Crippen molar-refractivity contribution >= 4 is 22.4 Å². The molecule has 0 unspecified atom stereocenters. The van der Waals surface area contributed by atoms with Crippen LogP contribution in [0.2, 0.25) is 0 Å². The van der Waals surface area contributed by atoms with Crippen LogP contribution >= 0.6 is 0 Å². The molecule has 0 atom stereocenters. The van der Waals surface area contributed by atoms with Gasteiger partial charge in [-0.25, -0.2) is 0 Å². The highest BCUT2D eigenvalue weighted by Crippen LogP contribution is 2.23. The van der Waals surface area contributed by atoms with Crippen molar-refractivity contribution in [2.45, 2.75) is 303 Å². The molecule has 2 aliphatic rings. The number of esters is 2. The zero-order chi connectivity index (χ0) is 40.8. The van der Waals surface area contributed by atoms with Crippen molar-refractivity contribution in [1.29, 1.82) is 0 Å². The van der Waals surface area contributed by atoms with Crippen molar-refractivity contribution in [1.82, 2.24) is 0 Å². The van der Waals surface area contributed by atoms with Gasteiger partial charge >= 0.3 is 11.9 Å². The number of rotatable bonds is 36. The van der Waals surface area contributed by atoms with Crippen molar-refractivity contribution < 1.29 is 23.5 Å². The van der Waals surface area contributed by atoms with Gasteiger partial charge in [-0.1, -0.05) is 207 Å². The molecule has 334 valence electrons. The van der Waals surface area contributed by atoms with Crippen molar-refractivity contribution in [3.63, 3.8) is 0 Å². The van der Waals surface area contributed by atoms with Gasteiger partial charge in [0.15, 0.2) is 0 Å². The van der Waals surface area contributed by atoms with Crippen LogP contribution in [0.25, 0.3) is 0 Å². The molecule has 2 saturated carbocycles. The zero-order valence-corrected chi connectivity index (χ0v) is 40.6. The van der Waals surface area contributed by atoms with Gasteiger partial charge in [-0.2, -0.15) is 0 Å². The van der Waals surface area contributed by atoms with Gasteiger partial charge in [-0.3, -0.25) is 9.59 Å². The first-order chi connectivity index (χ1) is 27.6. The molecule has 2 fully saturated rings. The molecule has 0 N–H and O–H groups in total. The quantitative estimate of drug-likeness (QED) is 0.0358. The topological polar surface area (TPSA) is 61.8 Å². The SMILES string of the molecule is CCCCCCCCCCCCCCCCCC(=O)OC1CCCC1.CCCCCCCCCCCCCCCCCC(=O)OC1CCCCC1.CCCO[SiH3]. The van der Waals surface area contributed by atoms with Crippen LogP contribution < -0.4 is 0 Å². The van der Waals surface area contributed by atoms with Crippen molar-refractivity contribution in [3.05, 3.63) is 0 Å². The summed E-state index contributed by atoms with van der Waals surface area (Å²) in [5.74, 6) is 0.0909. The fraction of sp³-hybridized carbons (Fsp3) is 0.960. The highest BCUT2D eigenvalue weighted by atomic mass is 28.2. The monoisotopic (exact) mass is 809 g/mol. The average Bonchev–Trinajstić information content (AvgIpc) is 3.72. The fourth-order valence-electron chi connectivity index (χ4n) is 8.16. The minimum absolute atomic E-state index is 0.0431. The van der Waals surface area contributed by atoms with E-state index in [1.54, 1.807) is 0 Å². The summed E-state index contributed by atoms with van der Waals surface area (Å²) in [6.45, 7) is 7.63. The number of ether oxygens (including phenoxy) is 2. The Morgan fingerprint density at radius 2 is 0.625 bits per heavy atom. The molecule has 56 heavy (non-hydrogen) atoms. The summed E-state index contributed by atoms with van der Waals surface area (Å²) >= 11 is 0. The zero-order valence-electron chi connectivity index (χ0n) is 38.6. The van der Waals surface area contributed by atoms with Gasteiger partial charge < -0.3 is 13.9 Å². The summed E-state index contributed by atoms with van der Waals surface area (Å²) in [4.78, 5) is 23.5. The standard InChI is InChI=1S/C24H46O2.C23H44O2.C3H10OSi/c1-2-3-4-5-6-7-8-9-10-11-12-13-14-15-19-22-24(25)26-23-20-17-16-18-21-23;1-2-3-4-5-6-7-8-9-10-11-12-13-14-15-16-21-23(24)25-22-19-17-18-20-22;1-2-3-4-5/h23H,2-22H2,1H3;22H,2-21H2,1H3;2-3H2,1,5H3. The summed E-state index contributed by atoms with van der Waals surface area (Å²) in [6, 6.07) is 0. The van der Waals surface area contributed by atoms with Crippen molar-refractivity contribution in [2.24, 2.45) is 0 Å². The largest absolute Gasteiger partial charge is 0.462 e. The van der Waals surface area contributed by atoms with E-state index in [-0.39, 0.29) is 24.1 Å². The number of hydrogen-bond acceptors (Lipinski definition) is 5. The average molecular weight is 809 g/mol. The predicted molar refractivity (Wildman–Crippen MR) is 247 cm³/mol. The Labute approximate surface area is 354 Å². The van der Waals surface area contributed by atoms with E-state index in [9.17, 15) is 9.59 Å². The van der Waals surface area contributed by atoms with E-state index in [1.165, 1.54) is 212 Å². The van der Waals surface area contributed by atoms with Crippen LogP contribution in [0, 0.1) is 0 Å². The van der Waals surface area contributed by atoms with E-state index in [0.717, 1.165) is 62.0 Å². The van der Waals surface area contributed by atoms with Gasteiger partial charge in [-0.15, -0.1) is 0 Å². The van der Waals surface area contributed by atoms with Gasteiger partial charge in [0.1, 0.15) is 22.7 Å². The van der Waals surface area contributed by atoms with Crippen LogP contribution in [0.15, 0.2) is 0 Å². The van der Waals surface area contributed by atoms with E-state index in [0.29, 0.717) is 12.8 Å². The van der Waals surface area contributed by atoms with Crippen molar-refractivity contribution in [3.8, 4) is 0 Å². The van der Waals surface area contributed by atoms with Gasteiger partial charge in [0.2, 0.25) is 0 Å². The Balaban J connectivity index is 0.000000963. The predicted octanol–water partition coefficient (Wildman–Crippen LogP) is 15.6. The fourth-order valence-corrected chi connectivity index (χ4v) is 8.57. The number of unbranched alkanes of at least 4 members (excludes halogenated alkanes) is 28. The number of carbonyl (C=O) groups excluding carboxylic acids is 2. The second kappa shape index (κ2) is 46.8. The molecule has 0 aromatic heterocycles. The number of carbonyl (C=O) groups is 2. The van der Waals surface area contributed by atoms with Crippen LogP contribution in [-0.4, -0.2) is 41.2 Å². The van der Waals surface area contributed by atoms with Gasteiger partial charge in [0, 0.05) is 19.4 Å². The maximum absolute atomic E-state index is 11.8. The molecular formula is C50H100O5Si. The molecule has 2 rings (SSSR count). The van der Waals surface area contributed by atoms with E-state index in [4.69, 9.17) is 13.9 Å². The third kappa shape index (κ3) is 42.7. The lowest BCUT2D eigenvalue weighted by molar-refractivity contribution is -0.151. The first-order valence-electron chi connectivity index (χ1n) is 25.4. The maximum Gasteiger partial charge on any atom is 0.306 e. The molecule has 2 aliphatic carbocycles. The molecule has 0 heterocycles. The Hall–Kier alpha value is -0.883. The Bertz CT molecular complexity index is 777. The van der Waals surface area contributed by atoms with E-state index in [1.807, 2.05) is 0 Å². The molecule has 0 radical (unpaired) electrons. The molecule has 0 spiro atoms. The van der Waals surface area contributed by atoms with E-state index >= 15 is 0 Å². The molecule has 0 bridgehead atoms. The van der Waals surface area contributed by atoms with Gasteiger partial charge in [0.05, 0.1) is 0 Å². The maximum atomic E-state index is 11.8. The second-order valence-corrected chi connectivity index (χ2v) is 18.1. The summed E-state index contributed by atoms with van der Waals surface area (Å²) in [6.07, 6.45) is 54.4. The summed E-state index contributed by atoms with van der Waals surface area (Å²) in [5, 5.41) is 0. The molecular weight excluding hydrogens is 709 g/mol. The molecule has 0 aliphatic heterocycles. The summed E-state index contributed by atoms with van der Waals surface area (Å²) in [7, 11) is 0.899. The normalized spacial score (nSPS) is 14.6. The number of hydrogen-bond donors (Lipinski definition) is 0. The van der Waals surface area contributed by atoms with Crippen LogP contribution in [0.5, 0.6) is 0 Å². The Morgan fingerprint density at radius 1 is 0.375 bits per heavy atom. The van der Waals surface area contributed by atoms with Gasteiger partial charge in [-0.05, 0) is 70.6 Å². The smallest absolute Gasteiger partial charge is 0.306 e. The first-order valence-corrected chi connectivity index (χ1v) is 26.3. The van der Waals surface area contributed by atoms with Crippen LogP contribution in [0.1, 0.15) is 290 Å². The summed E-state index contributed by atoms with van der Waals surface area (Å²) < 4.78 is 15.9. The van der Waals surface area contributed by atoms with Gasteiger partial charge in [0.25, 0.3) is 0 Å². The minimum Gasteiger partial charge on any atom is -0.462 e. The van der Waals surface area contributed by atoms with Crippen LogP contribution in [0.3, 0.4) is 0 Å². The molecule has 6 heteroatoms. The van der Waals surface area contributed by atoms with E-state index < -0.39 is 0 Å². The van der Waals surface area contributed by atoms with Crippen LogP contribution in [0.4, 0.5) is 0 Å². The van der Waals surface area contributed by atoms with Crippen LogP contribution in [-0.2, 0) is 23.5 Å². The third-order valence-electron chi connectivity index (χ3n) is 11.8. The lowest BCUT2D eigenvalue weighted by atomic mass is 9.98. The summed E-state index contributed by atoms with van der Waals surface area (Å²) in [5.41, 5.74) is 0. The van der Waals surface area contributed by atoms with E-state index in [2.05, 4.69) is 20.8 Å². The molecule has 0 aromatic carbocycles. The van der Waals surface area contributed by atoms with Crippen molar-refractivity contribution in [2.75, 3.05) is 6.61 Å². The second-order valence-electron chi connectivity index (χ2n) is 17.5. The highest BCUT2D eigenvalue weighted by molar-refractivity contribution is 5.97. The Morgan fingerprint density at radius 3 is 0.857 bits per heavy atom. The third-order valence-corrected chi connectivity index (χ3v) is 12.2. The Kier molecular flexibility index (Phi) is 46.1. The minimum atomic E-state index is 0.0431. The molecule has 0 aromatic rings. The lowest BCUT2D eigenvalue weighted by Gasteiger charge is -2.21.